The number of benzene rings is 1. The molecule has 0 unspecified atom stereocenters. The second kappa shape index (κ2) is 7.56. The maximum Gasteiger partial charge on any atom is 0.239 e. The predicted molar refractivity (Wildman–Crippen MR) is 86.2 cm³/mol. The van der Waals surface area contributed by atoms with Gasteiger partial charge < -0.3 is 15.4 Å². The SMILES string of the molecule is COCCNC(=O)C(C)(C)C(=O)Nc1ccc(C)cc1Br. The van der Waals surface area contributed by atoms with Crippen molar-refractivity contribution in [1.82, 2.24) is 5.32 Å². The first-order chi connectivity index (χ1) is 9.78. The zero-order chi connectivity index (χ0) is 16.0. The molecule has 1 aromatic carbocycles. The molecule has 0 spiro atoms. The van der Waals surface area contributed by atoms with Crippen LogP contribution in [0.25, 0.3) is 0 Å². The van der Waals surface area contributed by atoms with Crippen LogP contribution in [-0.4, -0.2) is 32.1 Å². The fourth-order valence-corrected chi connectivity index (χ4v) is 2.18. The Morgan fingerprint density at radius 1 is 1.29 bits per heavy atom. The van der Waals surface area contributed by atoms with Crippen LogP contribution in [0.15, 0.2) is 22.7 Å². The molecule has 1 aromatic rings. The fraction of sp³-hybridized carbons (Fsp3) is 0.467. The zero-order valence-electron chi connectivity index (χ0n) is 12.7. The van der Waals surface area contributed by atoms with Gasteiger partial charge in [0.1, 0.15) is 5.41 Å². The van der Waals surface area contributed by atoms with Crippen LogP contribution in [0.3, 0.4) is 0 Å². The molecule has 0 fully saturated rings. The molecule has 1 rings (SSSR count). The second-order valence-electron chi connectivity index (χ2n) is 5.31. The van der Waals surface area contributed by atoms with Crippen molar-refractivity contribution in [3.8, 4) is 0 Å². The molecule has 0 radical (unpaired) electrons. The third kappa shape index (κ3) is 4.82. The highest BCUT2D eigenvalue weighted by molar-refractivity contribution is 9.10. The minimum absolute atomic E-state index is 0.333. The first kappa shape index (κ1) is 17.7. The van der Waals surface area contributed by atoms with E-state index < -0.39 is 5.41 Å². The van der Waals surface area contributed by atoms with Crippen LogP contribution in [0.5, 0.6) is 0 Å². The van der Waals surface area contributed by atoms with E-state index in [1.54, 1.807) is 27.0 Å². The summed E-state index contributed by atoms with van der Waals surface area (Å²) in [5, 5.41) is 5.45. The van der Waals surface area contributed by atoms with E-state index in [1.165, 1.54) is 0 Å². The average molecular weight is 357 g/mol. The first-order valence-electron chi connectivity index (χ1n) is 6.64. The van der Waals surface area contributed by atoms with E-state index in [1.807, 2.05) is 19.1 Å². The van der Waals surface area contributed by atoms with Crippen LogP contribution in [-0.2, 0) is 14.3 Å². The Balaban J connectivity index is 2.74. The number of carbonyl (C=O) groups excluding carboxylic acids is 2. The summed E-state index contributed by atoms with van der Waals surface area (Å²) < 4.78 is 5.65. The summed E-state index contributed by atoms with van der Waals surface area (Å²) in [5.41, 5.74) is 0.553. The number of hydrogen-bond donors (Lipinski definition) is 2. The minimum Gasteiger partial charge on any atom is -0.383 e. The molecule has 0 saturated heterocycles. The summed E-state index contributed by atoms with van der Waals surface area (Å²) >= 11 is 3.40. The van der Waals surface area contributed by atoms with Gasteiger partial charge in [0.05, 0.1) is 12.3 Å². The number of hydrogen-bond acceptors (Lipinski definition) is 3. The number of halogens is 1. The van der Waals surface area contributed by atoms with Gasteiger partial charge >= 0.3 is 0 Å². The highest BCUT2D eigenvalue weighted by Crippen LogP contribution is 2.26. The third-order valence-corrected chi connectivity index (χ3v) is 3.76. The lowest BCUT2D eigenvalue weighted by Crippen LogP contribution is -2.46. The number of ether oxygens (including phenoxy) is 1. The molecule has 2 amide bonds. The smallest absolute Gasteiger partial charge is 0.239 e. The van der Waals surface area contributed by atoms with Crippen LogP contribution >= 0.6 is 15.9 Å². The van der Waals surface area contributed by atoms with Gasteiger partial charge in [-0.15, -0.1) is 0 Å². The standard InChI is InChI=1S/C15H21BrN2O3/c1-10-5-6-12(11(16)9-10)18-14(20)15(2,3)13(19)17-7-8-21-4/h5-6,9H,7-8H2,1-4H3,(H,17,19)(H,18,20). The van der Waals surface area contributed by atoms with Gasteiger partial charge in [0.25, 0.3) is 0 Å². The van der Waals surface area contributed by atoms with Crippen molar-refractivity contribution >= 4 is 33.4 Å². The lowest BCUT2D eigenvalue weighted by Gasteiger charge is -2.23. The number of rotatable bonds is 6. The molecule has 0 aliphatic rings. The molecule has 0 atom stereocenters. The number of anilines is 1. The Morgan fingerprint density at radius 2 is 1.95 bits per heavy atom. The summed E-state index contributed by atoms with van der Waals surface area (Å²) in [6, 6.07) is 5.60. The van der Waals surface area contributed by atoms with Gasteiger partial charge in [0.2, 0.25) is 11.8 Å². The topological polar surface area (TPSA) is 67.4 Å². The molecule has 0 bridgehead atoms. The Kier molecular flexibility index (Phi) is 6.36. The molecule has 2 N–H and O–H groups in total. The fourth-order valence-electron chi connectivity index (χ4n) is 1.59. The molecule has 6 heteroatoms. The second-order valence-corrected chi connectivity index (χ2v) is 6.17. The van der Waals surface area contributed by atoms with E-state index >= 15 is 0 Å². The Hall–Kier alpha value is -1.40. The highest BCUT2D eigenvalue weighted by Gasteiger charge is 2.36. The van der Waals surface area contributed by atoms with Crippen LogP contribution in [0, 0.1) is 12.3 Å². The van der Waals surface area contributed by atoms with Gasteiger partial charge in [0.15, 0.2) is 0 Å². The van der Waals surface area contributed by atoms with Gasteiger partial charge in [-0.3, -0.25) is 9.59 Å². The zero-order valence-corrected chi connectivity index (χ0v) is 14.3. The summed E-state index contributed by atoms with van der Waals surface area (Å²) in [4.78, 5) is 24.4. The number of aryl methyl sites for hydroxylation is 1. The molecule has 0 saturated carbocycles. The number of carbonyl (C=O) groups is 2. The number of nitrogens with one attached hydrogen (secondary N) is 2. The summed E-state index contributed by atoms with van der Waals surface area (Å²) in [6.07, 6.45) is 0. The van der Waals surface area contributed by atoms with Crippen molar-refractivity contribution in [2.24, 2.45) is 5.41 Å². The highest BCUT2D eigenvalue weighted by atomic mass is 79.9. The van der Waals surface area contributed by atoms with Gasteiger partial charge in [-0.25, -0.2) is 0 Å². The molecule has 21 heavy (non-hydrogen) atoms. The Morgan fingerprint density at radius 3 is 2.52 bits per heavy atom. The van der Waals surface area contributed by atoms with Crippen molar-refractivity contribution in [3.05, 3.63) is 28.2 Å². The predicted octanol–water partition coefficient (Wildman–Crippen LogP) is 2.48. The maximum atomic E-state index is 12.3. The van der Waals surface area contributed by atoms with Gasteiger partial charge in [-0.2, -0.15) is 0 Å². The Labute approximate surface area is 133 Å². The van der Waals surface area contributed by atoms with Crippen LogP contribution in [0.1, 0.15) is 19.4 Å². The number of methoxy groups -OCH3 is 1. The quantitative estimate of drug-likeness (QED) is 0.607. The van der Waals surface area contributed by atoms with Gasteiger partial charge in [0, 0.05) is 18.1 Å². The average Bonchev–Trinajstić information content (AvgIpc) is 2.41. The molecule has 116 valence electrons. The van der Waals surface area contributed by atoms with E-state index in [0.29, 0.717) is 18.8 Å². The van der Waals surface area contributed by atoms with Crippen molar-refractivity contribution in [2.75, 3.05) is 25.6 Å². The van der Waals surface area contributed by atoms with E-state index in [-0.39, 0.29) is 11.8 Å². The van der Waals surface area contributed by atoms with Crippen molar-refractivity contribution in [1.29, 1.82) is 0 Å². The van der Waals surface area contributed by atoms with E-state index in [9.17, 15) is 9.59 Å². The van der Waals surface area contributed by atoms with Crippen LogP contribution < -0.4 is 10.6 Å². The normalized spacial score (nSPS) is 11.1. The molecule has 0 aliphatic carbocycles. The van der Waals surface area contributed by atoms with Crippen LogP contribution in [0.4, 0.5) is 5.69 Å². The molecule has 0 heterocycles. The van der Waals surface area contributed by atoms with Crippen molar-refractivity contribution < 1.29 is 14.3 Å². The molecular formula is C15H21BrN2O3. The van der Waals surface area contributed by atoms with Crippen LogP contribution in [0.2, 0.25) is 0 Å². The Bertz CT molecular complexity index is 530. The molecule has 5 nitrogen and oxygen atoms in total. The monoisotopic (exact) mass is 356 g/mol. The van der Waals surface area contributed by atoms with Gasteiger partial charge in [-0.05, 0) is 54.4 Å². The minimum atomic E-state index is -1.17. The first-order valence-corrected chi connectivity index (χ1v) is 7.43. The summed E-state index contributed by atoms with van der Waals surface area (Å²) in [7, 11) is 1.55. The third-order valence-electron chi connectivity index (χ3n) is 3.10. The summed E-state index contributed by atoms with van der Waals surface area (Å²) in [5.74, 6) is -0.692. The van der Waals surface area contributed by atoms with E-state index in [0.717, 1.165) is 10.0 Å². The van der Waals surface area contributed by atoms with Crippen molar-refractivity contribution in [2.45, 2.75) is 20.8 Å². The molecule has 0 aliphatic heterocycles. The largest absolute Gasteiger partial charge is 0.383 e. The lowest BCUT2D eigenvalue weighted by atomic mass is 9.91. The number of amides is 2. The maximum absolute atomic E-state index is 12.3. The van der Waals surface area contributed by atoms with E-state index in [2.05, 4.69) is 26.6 Å². The summed E-state index contributed by atoms with van der Waals surface area (Å²) in [6.45, 7) is 5.93. The van der Waals surface area contributed by atoms with Crippen molar-refractivity contribution in [3.63, 3.8) is 0 Å². The molecular weight excluding hydrogens is 336 g/mol. The molecule has 0 aromatic heterocycles. The lowest BCUT2D eigenvalue weighted by molar-refractivity contribution is -0.138. The van der Waals surface area contributed by atoms with Gasteiger partial charge in [-0.1, -0.05) is 6.07 Å². The van der Waals surface area contributed by atoms with E-state index in [4.69, 9.17) is 4.74 Å².